The highest BCUT2D eigenvalue weighted by molar-refractivity contribution is 7.89. The van der Waals surface area contributed by atoms with Gasteiger partial charge >= 0.3 is 0 Å². The number of sulfonamides is 1. The van der Waals surface area contributed by atoms with Crippen molar-refractivity contribution in [2.24, 2.45) is 5.92 Å². The average Bonchev–Trinajstić information content (AvgIpc) is 3.13. The second kappa shape index (κ2) is 9.65. The van der Waals surface area contributed by atoms with Crippen molar-refractivity contribution in [2.45, 2.75) is 38.1 Å². The number of piperidine rings is 1. The van der Waals surface area contributed by atoms with Gasteiger partial charge in [-0.25, -0.2) is 8.42 Å². The number of hydrogen-bond donors (Lipinski definition) is 1. The molecule has 1 atom stereocenters. The van der Waals surface area contributed by atoms with E-state index in [2.05, 4.69) is 10.5 Å². The van der Waals surface area contributed by atoms with Gasteiger partial charge in [0.05, 0.1) is 5.92 Å². The third-order valence-corrected chi connectivity index (χ3v) is 7.32. The summed E-state index contributed by atoms with van der Waals surface area (Å²) < 4.78 is 33.3. The Morgan fingerprint density at radius 3 is 2.68 bits per heavy atom. The smallest absolute Gasteiger partial charge is 0.248 e. The number of hydrogen-bond acceptors (Lipinski definition) is 6. The fraction of sp³-hybridized carbons (Fsp3) is 0.455. The predicted octanol–water partition coefficient (Wildman–Crippen LogP) is 2.54. The van der Waals surface area contributed by atoms with Gasteiger partial charge in [0.15, 0.2) is 10.7 Å². The van der Waals surface area contributed by atoms with Crippen LogP contribution in [0.15, 0.2) is 39.9 Å². The van der Waals surface area contributed by atoms with Crippen molar-refractivity contribution in [3.63, 3.8) is 0 Å². The van der Waals surface area contributed by atoms with E-state index < -0.39 is 15.9 Å². The number of nitrogens with zero attached hydrogens (tertiary/aromatic N) is 3. The Hall–Kier alpha value is -2.65. The zero-order valence-electron chi connectivity index (χ0n) is 18.5. The fourth-order valence-corrected chi connectivity index (χ4v) is 5.33. The molecule has 1 aromatic carbocycles. The number of nitrogens with one attached hydrogen (secondary N) is 1. The molecule has 0 saturated carbocycles. The highest BCUT2D eigenvalue weighted by Crippen LogP contribution is 2.29. The summed E-state index contributed by atoms with van der Waals surface area (Å²) in [5, 5.41) is 6.79. The number of rotatable bonds is 7. The van der Waals surface area contributed by atoms with Crippen molar-refractivity contribution in [1.82, 2.24) is 19.7 Å². The van der Waals surface area contributed by atoms with Gasteiger partial charge in [0.2, 0.25) is 15.9 Å². The molecule has 0 radical (unpaired) electrons. The molecule has 0 unspecified atom stereocenters. The van der Waals surface area contributed by atoms with E-state index in [1.54, 1.807) is 24.1 Å². The second-order valence-electron chi connectivity index (χ2n) is 8.15. The minimum Gasteiger partial charge on any atom is -0.383 e. The molecular weight excluding hydrogens is 416 g/mol. The SMILES string of the molecule is Cc1ccc(CNC(=O)[C@H]2CCCN(S(=O)(=O)c3c(C)noc3/C=C/N(C)C)C2)cc1. The van der Waals surface area contributed by atoms with Crippen LogP contribution in [-0.2, 0) is 21.4 Å². The molecule has 1 fully saturated rings. The van der Waals surface area contributed by atoms with E-state index in [4.69, 9.17) is 4.52 Å². The molecular formula is C22H30N4O4S. The first kappa shape index (κ1) is 23.0. The molecule has 0 bridgehead atoms. The van der Waals surface area contributed by atoms with Crippen molar-refractivity contribution in [3.05, 3.63) is 53.0 Å². The molecule has 0 spiro atoms. The molecule has 1 aliphatic rings. The normalized spacial score (nSPS) is 17.7. The van der Waals surface area contributed by atoms with E-state index in [1.807, 2.05) is 45.3 Å². The van der Waals surface area contributed by atoms with E-state index in [-0.39, 0.29) is 23.1 Å². The van der Waals surface area contributed by atoms with Crippen LogP contribution in [0.3, 0.4) is 0 Å². The maximum absolute atomic E-state index is 13.4. The van der Waals surface area contributed by atoms with E-state index in [1.165, 1.54) is 4.31 Å². The van der Waals surface area contributed by atoms with Gasteiger partial charge < -0.3 is 14.7 Å². The molecule has 9 heteroatoms. The number of carbonyl (C=O) groups is 1. The lowest BCUT2D eigenvalue weighted by Gasteiger charge is -2.31. The Bertz CT molecular complexity index is 1040. The van der Waals surface area contributed by atoms with Crippen molar-refractivity contribution >= 4 is 22.0 Å². The Morgan fingerprint density at radius 2 is 2.00 bits per heavy atom. The van der Waals surface area contributed by atoms with Crippen LogP contribution < -0.4 is 5.32 Å². The van der Waals surface area contributed by atoms with Crippen LogP contribution in [0.25, 0.3) is 6.08 Å². The van der Waals surface area contributed by atoms with Crippen LogP contribution in [0.2, 0.25) is 0 Å². The van der Waals surface area contributed by atoms with Gasteiger partial charge in [-0.3, -0.25) is 4.79 Å². The van der Waals surface area contributed by atoms with Crippen molar-refractivity contribution < 1.29 is 17.7 Å². The van der Waals surface area contributed by atoms with E-state index in [9.17, 15) is 13.2 Å². The molecule has 2 heterocycles. The van der Waals surface area contributed by atoms with Gasteiger partial charge in [-0.05, 0) is 32.3 Å². The standard InChI is InChI=1S/C22H30N4O4S/c1-16-7-9-18(10-8-16)14-23-22(27)19-6-5-12-26(15-19)31(28,29)21-17(2)24-30-20(21)11-13-25(3)4/h7-11,13,19H,5-6,12,14-15H2,1-4H3,(H,23,27)/b13-11+/t19-/m0/s1. The highest BCUT2D eigenvalue weighted by atomic mass is 32.2. The van der Waals surface area contributed by atoms with Crippen LogP contribution in [0.1, 0.15) is 35.4 Å². The van der Waals surface area contributed by atoms with Crippen LogP contribution in [0, 0.1) is 19.8 Å². The van der Waals surface area contributed by atoms with Crippen LogP contribution >= 0.6 is 0 Å². The molecule has 168 valence electrons. The van der Waals surface area contributed by atoms with E-state index >= 15 is 0 Å². The first-order valence-corrected chi connectivity index (χ1v) is 11.8. The first-order valence-electron chi connectivity index (χ1n) is 10.3. The van der Waals surface area contributed by atoms with Gasteiger partial charge in [0, 0.05) is 46.0 Å². The number of amides is 1. The summed E-state index contributed by atoms with van der Waals surface area (Å²) in [6, 6.07) is 7.95. The molecule has 2 aromatic rings. The monoisotopic (exact) mass is 446 g/mol. The average molecular weight is 447 g/mol. The minimum atomic E-state index is -3.84. The molecule has 1 aromatic heterocycles. The topological polar surface area (TPSA) is 95.8 Å². The zero-order chi connectivity index (χ0) is 22.6. The summed E-state index contributed by atoms with van der Waals surface area (Å²) in [5.74, 6) is -0.331. The van der Waals surface area contributed by atoms with E-state index in [0.29, 0.717) is 31.6 Å². The molecule has 1 N–H and O–H groups in total. The Kier molecular flexibility index (Phi) is 7.17. The summed E-state index contributed by atoms with van der Waals surface area (Å²) in [6.07, 6.45) is 4.57. The second-order valence-corrected chi connectivity index (χ2v) is 10.0. The van der Waals surface area contributed by atoms with E-state index in [0.717, 1.165) is 11.1 Å². The molecule has 1 aliphatic heterocycles. The molecule has 8 nitrogen and oxygen atoms in total. The summed E-state index contributed by atoms with van der Waals surface area (Å²) in [6.45, 7) is 4.55. The number of benzene rings is 1. The van der Waals surface area contributed by atoms with Crippen LogP contribution in [-0.4, -0.2) is 55.9 Å². The third-order valence-electron chi connectivity index (χ3n) is 5.30. The largest absolute Gasteiger partial charge is 0.383 e. The lowest BCUT2D eigenvalue weighted by atomic mass is 9.98. The summed E-state index contributed by atoms with van der Waals surface area (Å²) >= 11 is 0. The predicted molar refractivity (Wildman–Crippen MR) is 118 cm³/mol. The molecule has 3 rings (SSSR count). The van der Waals surface area contributed by atoms with Gasteiger partial charge in [0.25, 0.3) is 0 Å². The maximum atomic E-state index is 13.4. The maximum Gasteiger partial charge on any atom is 0.248 e. The van der Waals surface area contributed by atoms with Gasteiger partial charge in [-0.2, -0.15) is 4.31 Å². The zero-order valence-corrected chi connectivity index (χ0v) is 19.3. The van der Waals surface area contributed by atoms with Crippen LogP contribution in [0.5, 0.6) is 0 Å². The molecule has 1 amide bonds. The van der Waals surface area contributed by atoms with Gasteiger partial charge in [-0.1, -0.05) is 35.0 Å². The highest BCUT2D eigenvalue weighted by Gasteiger charge is 2.36. The molecule has 31 heavy (non-hydrogen) atoms. The van der Waals surface area contributed by atoms with Crippen molar-refractivity contribution in [2.75, 3.05) is 27.2 Å². The Morgan fingerprint density at radius 1 is 1.29 bits per heavy atom. The quantitative estimate of drug-likeness (QED) is 0.702. The van der Waals surface area contributed by atoms with Crippen molar-refractivity contribution in [3.8, 4) is 0 Å². The molecule has 1 saturated heterocycles. The van der Waals surface area contributed by atoms with Gasteiger partial charge in [0.1, 0.15) is 5.69 Å². The Balaban J connectivity index is 1.71. The third kappa shape index (κ3) is 5.54. The number of aromatic nitrogens is 1. The number of aryl methyl sites for hydroxylation is 2. The molecule has 0 aliphatic carbocycles. The van der Waals surface area contributed by atoms with Crippen LogP contribution in [0.4, 0.5) is 0 Å². The minimum absolute atomic E-state index is 0.0614. The van der Waals surface area contributed by atoms with Crippen molar-refractivity contribution in [1.29, 1.82) is 0 Å². The fourth-order valence-electron chi connectivity index (χ4n) is 3.56. The summed E-state index contributed by atoms with van der Waals surface area (Å²) in [4.78, 5) is 14.6. The Labute approximate surface area is 183 Å². The summed E-state index contributed by atoms with van der Waals surface area (Å²) in [7, 11) is -0.176. The summed E-state index contributed by atoms with van der Waals surface area (Å²) in [5.41, 5.74) is 2.48. The first-order chi connectivity index (χ1) is 14.7. The number of carbonyl (C=O) groups excluding carboxylic acids is 1. The lowest BCUT2D eigenvalue weighted by molar-refractivity contribution is -0.126. The lowest BCUT2D eigenvalue weighted by Crippen LogP contribution is -2.45. The van der Waals surface area contributed by atoms with Gasteiger partial charge in [-0.15, -0.1) is 0 Å².